The normalized spacial score (nSPS) is 32.1. The van der Waals surface area contributed by atoms with Crippen LogP contribution in [0.2, 0.25) is 0 Å². The van der Waals surface area contributed by atoms with Gasteiger partial charge in [0.25, 0.3) is 0 Å². The SMILES string of the molecule is CCC(C)(CNC1CCCC(C)C1)C(C)O. The van der Waals surface area contributed by atoms with Gasteiger partial charge in [0, 0.05) is 18.0 Å². The zero-order chi connectivity index (χ0) is 12.2. The summed E-state index contributed by atoms with van der Waals surface area (Å²) in [5, 5.41) is 13.5. The molecule has 4 unspecified atom stereocenters. The predicted octanol–water partition coefficient (Wildman–Crippen LogP) is 2.95. The van der Waals surface area contributed by atoms with E-state index in [0.717, 1.165) is 18.9 Å². The fraction of sp³-hybridized carbons (Fsp3) is 1.00. The molecular formula is C14H29NO. The van der Waals surface area contributed by atoms with Gasteiger partial charge in [0.2, 0.25) is 0 Å². The molecule has 0 spiro atoms. The second-order valence-electron chi connectivity index (χ2n) is 6.03. The van der Waals surface area contributed by atoms with E-state index < -0.39 is 0 Å². The lowest BCUT2D eigenvalue weighted by Gasteiger charge is -2.35. The molecule has 2 nitrogen and oxygen atoms in total. The summed E-state index contributed by atoms with van der Waals surface area (Å²) in [5.74, 6) is 0.866. The molecule has 0 bridgehead atoms. The highest BCUT2D eigenvalue weighted by atomic mass is 16.3. The monoisotopic (exact) mass is 227 g/mol. The van der Waals surface area contributed by atoms with Gasteiger partial charge in [0.15, 0.2) is 0 Å². The van der Waals surface area contributed by atoms with Crippen LogP contribution < -0.4 is 5.32 Å². The molecule has 0 aromatic heterocycles. The highest BCUT2D eigenvalue weighted by molar-refractivity contribution is 4.84. The molecule has 1 saturated carbocycles. The van der Waals surface area contributed by atoms with Gasteiger partial charge < -0.3 is 10.4 Å². The molecule has 0 aliphatic heterocycles. The largest absolute Gasteiger partial charge is 0.393 e. The van der Waals surface area contributed by atoms with Crippen LogP contribution >= 0.6 is 0 Å². The van der Waals surface area contributed by atoms with Crippen LogP contribution in [0.3, 0.4) is 0 Å². The Labute approximate surface area is 101 Å². The molecule has 2 heteroatoms. The van der Waals surface area contributed by atoms with E-state index in [-0.39, 0.29) is 11.5 Å². The first-order valence-electron chi connectivity index (χ1n) is 6.89. The molecule has 0 amide bonds. The molecule has 0 radical (unpaired) electrons. The van der Waals surface area contributed by atoms with Gasteiger partial charge in [-0.25, -0.2) is 0 Å². The van der Waals surface area contributed by atoms with Gasteiger partial charge in [0.1, 0.15) is 0 Å². The molecule has 0 aromatic rings. The van der Waals surface area contributed by atoms with Crippen LogP contribution in [0.5, 0.6) is 0 Å². The lowest BCUT2D eigenvalue weighted by Crippen LogP contribution is -2.44. The Morgan fingerprint density at radius 1 is 1.44 bits per heavy atom. The number of hydrogen-bond donors (Lipinski definition) is 2. The lowest BCUT2D eigenvalue weighted by molar-refractivity contribution is 0.0452. The smallest absolute Gasteiger partial charge is 0.0577 e. The van der Waals surface area contributed by atoms with Crippen molar-refractivity contribution in [2.75, 3.05) is 6.54 Å². The summed E-state index contributed by atoms with van der Waals surface area (Å²) in [5.41, 5.74) is 0.0285. The molecule has 0 aromatic carbocycles. The maximum absolute atomic E-state index is 9.81. The summed E-state index contributed by atoms with van der Waals surface area (Å²) < 4.78 is 0. The summed E-state index contributed by atoms with van der Waals surface area (Å²) in [6.07, 6.45) is 6.16. The summed E-state index contributed by atoms with van der Waals surface area (Å²) >= 11 is 0. The summed E-state index contributed by atoms with van der Waals surface area (Å²) in [6.45, 7) is 9.55. The molecule has 2 N–H and O–H groups in total. The van der Waals surface area contributed by atoms with Gasteiger partial charge in [-0.3, -0.25) is 0 Å². The highest BCUT2D eigenvalue weighted by Gasteiger charge is 2.29. The number of aliphatic hydroxyl groups excluding tert-OH is 1. The Balaban J connectivity index is 2.37. The minimum atomic E-state index is -0.231. The van der Waals surface area contributed by atoms with Crippen LogP contribution in [0.15, 0.2) is 0 Å². The van der Waals surface area contributed by atoms with Gasteiger partial charge in [-0.05, 0) is 32.1 Å². The van der Waals surface area contributed by atoms with Crippen molar-refractivity contribution in [2.45, 2.75) is 71.9 Å². The van der Waals surface area contributed by atoms with E-state index in [2.05, 4.69) is 26.1 Å². The van der Waals surface area contributed by atoms with Crippen molar-refractivity contribution in [3.63, 3.8) is 0 Å². The molecule has 16 heavy (non-hydrogen) atoms. The molecular weight excluding hydrogens is 198 g/mol. The maximum Gasteiger partial charge on any atom is 0.0577 e. The van der Waals surface area contributed by atoms with Crippen LogP contribution in [0.4, 0.5) is 0 Å². The van der Waals surface area contributed by atoms with Gasteiger partial charge in [-0.2, -0.15) is 0 Å². The molecule has 4 atom stereocenters. The van der Waals surface area contributed by atoms with Crippen molar-refractivity contribution in [2.24, 2.45) is 11.3 Å². The van der Waals surface area contributed by atoms with E-state index in [9.17, 15) is 5.11 Å². The van der Waals surface area contributed by atoms with Crippen molar-refractivity contribution in [1.82, 2.24) is 5.32 Å². The average molecular weight is 227 g/mol. The summed E-state index contributed by atoms with van der Waals surface area (Å²) in [6, 6.07) is 0.674. The van der Waals surface area contributed by atoms with Gasteiger partial charge in [-0.15, -0.1) is 0 Å². The van der Waals surface area contributed by atoms with Crippen molar-refractivity contribution in [1.29, 1.82) is 0 Å². The minimum Gasteiger partial charge on any atom is -0.393 e. The van der Waals surface area contributed by atoms with E-state index in [1.165, 1.54) is 25.7 Å². The zero-order valence-corrected chi connectivity index (χ0v) is 11.4. The number of nitrogens with one attached hydrogen (secondary N) is 1. The van der Waals surface area contributed by atoms with E-state index in [1.54, 1.807) is 0 Å². The van der Waals surface area contributed by atoms with Crippen molar-refractivity contribution in [3.05, 3.63) is 0 Å². The first-order valence-corrected chi connectivity index (χ1v) is 6.89. The summed E-state index contributed by atoms with van der Waals surface area (Å²) in [4.78, 5) is 0. The quantitative estimate of drug-likeness (QED) is 0.757. The predicted molar refractivity (Wildman–Crippen MR) is 69.5 cm³/mol. The van der Waals surface area contributed by atoms with E-state index in [4.69, 9.17) is 0 Å². The first kappa shape index (κ1) is 14.0. The minimum absolute atomic E-state index is 0.0285. The third kappa shape index (κ3) is 3.74. The third-order valence-electron chi connectivity index (χ3n) is 4.55. The summed E-state index contributed by atoms with van der Waals surface area (Å²) in [7, 11) is 0. The van der Waals surface area contributed by atoms with E-state index in [1.807, 2.05) is 6.92 Å². The zero-order valence-electron chi connectivity index (χ0n) is 11.4. The molecule has 1 aliphatic carbocycles. The number of rotatable bonds is 5. The van der Waals surface area contributed by atoms with Gasteiger partial charge in [-0.1, -0.05) is 33.6 Å². The van der Waals surface area contributed by atoms with Crippen LogP contribution in [-0.2, 0) is 0 Å². The van der Waals surface area contributed by atoms with Crippen LogP contribution in [0, 0.1) is 11.3 Å². The fourth-order valence-corrected chi connectivity index (χ4v) is 2.57. The Bertz CT molecular complexity index is 205. The Hall–Kier alpha value is -0.0800. The second-order valence-corrected chi connectivity index (χ2v) is 6.03. The first-order chi connectivity index (χ1) is 7.48. The standard InChI is InChI=1S/C14H29NO/c1-5-14(4,12(3)16)10-15-13-8-6-7-11(2)9-13/h11-13,15-16H,5-10H2,1-4H3. The third-order valence-corrected chi connectivity index (χ3v) is 4.55. The van der Waals surface area contributed by atoms with Gasteiger partial charge in [0.05, 0.1) is 6.10 Å². The van der Waals surface area contributed by atoms with Crippen molar-refractivity contribution < 1.29 is 5.11 Å². The average Bonchev–Trinajstić information content (AvgIpc) is 2.26. The molecule has 0 heterocycles. The lowest BCUT2D eigenvalue weighted by atomic mass is 9.81. The molecule has 0 saturated heterocycles. The number of aliphatic hydroxyl groups is 1. The number of hydrogen-bond acceptors (Lipinski definition) is 2. The topological polar surface area (TPSA) is 32.3 Å². The van der Waals surface area contributed by atoms with Crippen LogP contribution in [-0.4, -0.2) is 23.8 Å². The molecule has 96 valence electrons. The fourth-order valence-electron chi connectivity index (χ4n) is 2.57. The Morgan fingerprint density at radius 3 is 2.62 bits per heavy atom. The van der Waals surface area contributed by atoms with Crippen molar-refractivity contribution in [3.8, 4) is 0 Å². The van der Waals surface area contributed by atoms with E-state index in [0.29, 0.717) is 6.04 Å². The van der Waals surface area contributed by atoms with Gasteiger partial charge >= 0.3 is 0 Å². The Kier molecular flexibility index (Phi) is 5.26. The van der Waals surface area contributed by atoms with E-state index >= 15 is 0 Å². The van der Waals surface area contributed by atoms with Crippen LogP contribution in [0.1, 0.15) is 59.8 Å². The highest BCUT2D eigenvalue weighted by Crippen LogP contribution is 2.27. The van der Waals surface area contributed by atoms with Crippen LogP contribution in [0.25, 0.3) is 0 Å². The maximum atomic E-state index is 9.81. The molecule has 1 fully saturated rings. The molecule has 1 aliphatic rings. The van der Waals surface area contributed by atoms with Crippen molar-refractivity contribution >= 4 is 0 Å². The Morgan fingerprint density at radius 2 is 2.12 bits per heavy atom. The molecule has 1 rings (SSSR count). The second kappa shape index (κ2) is 6.02.